The highest BCUT2D eigenvalue weighted by atomic mass is 35.5. The van der Waals surface area contributed by atoms with E-state index in [1.54, 1.807) is 43.4 Å². The molecule has 0 fully saturated rings. The lowest BCUT2D eigenvalue weighted by molar-refractivity contribution is 0.0964. The zero-order valence-electron chi connectivity index (χ0n) is 17.3. The van der Waals surface area contributed by atoms with Crippen LogP contribution >= 0.6 is 11.6 Å². The van der Waals surface area contributed by atoms with Gasteiger partial charge in [0.15, 0.2) is 22.5 Å². The molecule has 0 saturated heterocycles. The van der Waals surface area contributed by atoms with Gasteiger partial charge in [-0.25, -0.2) is 0 Å². The normalized spacial score (nSPS) is 10.2. The van der Waals surface area contributed by atoms with Crippen molar-refractivity contribution in [2.45, 2.75) is 0 Å². The molecule has 0 aliphatic carbocycles. The number of benzene rings is 2. The number of halogens is 1. The first-order valence-electron chi connectivity index (χ1n) is 9.06. The van der Waals surface area contributed by atoms with Crippen LogP contribution in [0.2, 0.25) is 5.15 Å². The highest BCUT2D eigenvalue weighted by Gasteiger charge is 2.16. The largest absolute Gasteiger partial charge is 0.493 e. The van der Waals surface area contributed by atoms with Crippen LogP contribution in [0.1, 0.15) is 10.4 Å². The summed E-state index contributed by atoms with van der Waals surface area (Å²) in [6, 6.07) is 10.4. The van der Waals surface area contributed by atoms with E-state index in [1.165, 1.54) is 21.3 Å². The van der Waals surface area contributed by atoms with E-state index in [2.05, 4.69) is 31.1 Å². The average Bonchev–Trinajstić information content (AvgIpc) is 2.80. The molecule has 0 unspecified atom stereocenters. The third-order valence-electron chi connectivity index (χ3n) is 4.22. The van der Waals surface area contributed by atoms with Crippen LogP contribution in [0.15, 0.2) is 36.4 Å². The Kier molecular flexibility index (Phi) is 6.93. The Hall–Kier alpha value is -3.79. The fourth-order valence-corrected chi connectivity index (χ4v) is 2.91. The number of para-hydroxylation sites is 1. The summed E-state index contributed by atoms with van der Waals surface area (Å²) in [4.78, 5) is 16.5. The molecular weight excluding hydrogens is 424 g/mol. The molecule has 0 aliphatic heterocycles. The minimum absolute atomic E-state index is 0.0437. The number of hydrogen-bond acceptors (Lipinski definition) is 9. The maximum Gasteiger partial charge on any atom is 0.253 e. The summed E-state index contributed by atoms with van der Waals surface area (Å²) in [6.45, 7) is 0. The number of methoxy groups -OCH3 is 3. The molecule has 10 nitrogen and oxygen atoms in total. The molecule has 2 aromatic carbocycles. The van der Waals surface area contributed by atoms with Crippen molar-refractivity contribution in [3.63, 3.8) is 0 Å². The van der Waals surface area contributed by atoms with E-state index in [-0.39, 0.29) is 22.8 Å². The quantitative estimate of drug-likeness (QED) is 0.480. The number of nitrogens with zero attached hydrogens (tertiary/aromatic N) is 3. The average molecular weight is 445 g/mol. The fourth-order valence-electron chi connectivity index (χ4n) is 2.78. The molecule has 0 atom stereocenters. The third kappa shape index (κ3) is 4.86. The number of aromatic nitrogens is 3. The Morgan fingerprint density at radius 2 is 1.65 bits per heavy atom. The van der Waals surface area contributed by atoms with Crippen LogP contribution < -0.4 is 30.2 Å². The van der Waals surface area contributed by atoms with Gasteiger partial charge in [0.05, 0.1) is 32.6 Å². The molecule has 11 heteroatoms. The van der Waals surface area contributed by atoms with Gasteiger partial charge in [0, 0.05) is 24.9 Å². The lowest BCUT2D eigenvalue weighted by Crippen LogP contribution is -2.19. The Balaban J connectivity index is 1.92. The van der Waals surface area contributed by atoms with Crippen molar-refractivity contribution in [3.8, 4) is 17.2 Å². The Morgan fingerprint density at radius 3 is 2.26 bits per heavy atom. The molecule has 0 saturated carbocycles. The number of amides is 1. The van der Waals surface area contributed by atoms with Gasteiger partial charge < -0.3 is 30.2 Å². The topological polar surface area (TPSA) is 120 Å². The Morgan fingerprint density at radius 1 is 0.968 bits per heavy atom. The Bertz CT molecular complexity index is 1070. The predicted octanol–water partition coefficient (Wildman–Crippen LogP) is 3.40. The number of nitrogens with one attached hydrogen (secondary N) is 3. The standard InChI is InChI=1S/C20H21ClN6O4/c1-22-19(28)12-7-5-6-8-13(12)24-18-17(21)26-27-20(25-18)23-11-9-14(29-2)16(31-4)15(10-11)30-3/h5-10H,1-4H3,(H,22,28)(H2,23,24,25,27). The Labute approximate surface area is 183 Å². The van der Waals surface area contributed by atoms with Gasteiger partial charge in [-0.3, -0.25) is 4.79 Å². The van der Waals surface area contributed by atoms with Crippen molar-refractivity contribution < 1.29 is 19.0 Å². The van der Waals surface area contributed by atoms with Crippen LogP contribution in [-0.2, 0) is 0 Å². The second-order valence-electron chi connectivity index (χ2n) is 6.06. The number of anilines is 4. The lowest BCUT2D eigenvalue weighted by Gasteiger charge is -2.15. The van der Waals surface area contributed by atoms with Crippen molar-refractivity contribution in [1.82, 2.24) is 20.5 Å². The fraction of sp³-hybridized carbons (Fsp3) is 0.200. The van der Waals surface area contributed by atoms with Crippen LogP contribution in [0.5, 0.6) is 17.2 Å². The minimum Gasteiger partial charge on any atom is -0.493 e. The first kappa shape index (κ1) is 21.9. The molecule has 0 bridgehead atoms. The maximum absolute atomic E-state index is 12.1. The van der Waals surface area contributed by atoms with Gasteiger partial charge in [-0.15, -0.1) is 10.2 Å². The van der Waals surface area contributed by atoms with Gasteiger partial charge in [-0.1, -0.05) is 23.7 Å². The van der Waals surface area contributed by atoms with Crippen LogP contribution in [-0.4, -0.2) is 49.5 Å². The second kappa shape index (κ2) is 9.81. The molecule has 3 N–H and O–H groups in total. The van der Waals surface area contributed by atoms with Crippen molar-refractivity contribution >= 4 is 40.6 Å². The molecule has 0 radical (unpaired) electrons. The van der Waals surface area contributed by atoms with Crippen molar-refractivity contribution in [2.24, 2.45) is 0 Å². The summed E-state index contributed by atoms with van der Waals surface area (Å²) >= 11 is 6.17. The molecule has 3 rings (SSSR count). The van der Waals surface area contributed by atoms with E-state index < -0.39 is 0 Å². The third-order valence-corrected chi connectivity index (χ3v) is 4.47. The van der Waals surface area contributed by atoms with Gasteiger partial charge in [-0.2, -0.15) is 4.98 Å². The second-order valence-corrected chi connectivity index (χ2v) is 6.42. The number of hydrogen-bond donors (Lipinski definition) is 3. The molecule has 1 amide bonds. The SMILES string of the molecule is CNC(=O)c1ccccc1Nc1nc(Nc2cc(OC)c(OC)c(OC)c2)nnc1Cl. The molecule has 3 aromatic rings. The zero-order valence-corrected chi connectivity index (χ0v) is 18.1. The molecule has 1 heterocycles. The number of ether oxygens (including phenoxy) is 3. The van der Waals surface area contributed by atoms with Gasteiger partial charge in [-0.05, 0) is 12.1 Å². The van der Waals surface area contributed by atoms with Crippen LogP contribution in [0.25, 0.3) is 0 Å². The van der Waals surface area contributed by atoms with Crippen LogP contribution in [0, 0.1) is 0 Å². The monoisotopic (exact) mass is 444 g/mol. The molecular formula is C20H21ClN6O4. The van der Waals surface area contributed by atoms with Crippen molar-refractivity contribution in [1.29, 1.82) is 0 Å². The van der Waals surface area contributed by atoms with Gasteiger partial charge >= 0.3 is 0 Å². The summed E-state index contributed by atoms with van der Waals surface area (Å²) in [6.07, 6.45) is 0. The highest BCUT2D eigenvalue weighted by molar-refractivity contribution is 6.31. The van der Waals surface area contributed by atoms with Crippen LogP contribution in [0.4, 0.5) is 23.1 Å². The van der Waals surface area contributed by atoms with E-state index in [4.69, 9.17) is 25.8 Å². The van der Waals surface area contributed by atoms with E-state index in [0.717, 1.165) is 0 Å². The van der Waals surface area contributed by atoms with E-state index in [1.807, 2.05) is 0 Å². The van der Waals surface area contributed by atoms with E-state index in [9.17, 15) is 4.79 Å². The first-order chi connectivity index (χ1) is 15.0. The van der Waals surface area contributed by atoms with E-state index in [0.29, 0.717) is 34.2 Å². The summed E-state index contributed by atoms with van der Waals surface area (Å²) < 4.78 is 16.0. The smallest absolute Gasteiger partial charge is 0.253 e. The lowest BCUT2D eigenvalue weighted by atomic mass is 10.1. The molecule has 1 aromatic heterocycles. The first-order valence-corrected chi connectivity index (χ1v) is 9.43. The van der Waals surface area contributed by atoms with Crippen molar-refractivity contribution in [2.75, 3.05) is 39.0 Å². The van der Waals surface area contributed by atoms with Crippen LogP contribution in [0.3, 0.4) is 0 Å². The van der Waals surface area contributed by atoms with E-state index >= 15 is 0 Å². The minimum atomic E-state index is -0.253. The summed E-state index contributed by atoms with van der Waals surface area (Å²) in [5.41, 5.74) is 1.53. The number of rotatable bonds is 8. The van der Waals surface area contributed by atoms with Gasteiger partial charge in [0.2, 0.25) is 11.7 Å². The summed E-state index contributed by atoms with van der Waals surface area (Å²) in [5.74, 6) is 1.52. The summed E-state index contributed by atoms with van der Waals surface area (Å²) in [7, 11) is 6.12. The number of carbonyl (C=O) groups is 1. The molecule has 162 valence electrons. The highest BCUT2D eigenvalue weighted by Crippen LogP contribution is 2.40. The summed E-state index contributed by atoms with van der Waals surface area (Å²) in [5, 5.41) is 16.6. The number of carbonyl (C=O) groups excluding carboxylic acids is 1. The molecule has 0 aliphatic rings. The van der Waals surface area contributed by atoms with Gasteiger partial charge in [0.1, 0.15) is 0 Å². The predicted molar refractivity (Wildman–Crippen MR) is 117 cm³/mol. The molecule has 31 heavy (non-hydrogen) atoms. The maximum atomic E-state index is 12.1. The molecule has 0 spiro atoms. The van der Waals surface area contributed by atoms with Crippen molar-refractivity contribution in [3.05, 3.63) is 47.1 Å². The van der Waals surface area contributed by atoms with Gasteiger partial charge in [0.25, 0.3) is 5.91 Å². The zero-order chi connectivity index (χ0) is 22.4.